The van der Waals surface area contributed by atoms with Crippen molar-refractivity contribution in [1.29, 1.82) is 0 Å². The van der Waals surface area contributed by atoms with Gasteiger partial charge >= 0.3 is 0 Å². The summed E-state index contributed by atoms with van der Waals surface area (Å²) in [4.78, 5) is 15.6. The van der Waals surface area contributed by atoms with E-state index in [2.05, 4.69) is 164 Å². The smallest absolute Gasteiger partial charge is 0.164 e. The summed E-state index contributed by atoms with van der Waals surface area (Å²) >= 11 is 0. The zero-order valence-electron chi connectivity index (χ0n) is 26.8. The monoisotopic (exact) mass is 641 g/mol. The second kappa shape index (κ2) is 13.2. The van der Waals surface area contributed by atoms with Gasteiger partial charge in [-0.25, -0.2) is 15.0 Å². The Morgan fingerprint density at radius 2 is 0.640 bits per heavy atom. The topological polar surface area (TPSA) is 38.7 Å². The lowest BCUT2D eigenvalue weighted by atomic mass is 9.96. The minimum atomic E-state index is 0. The first-order chi connectivity index (χ1) is 24.3. The van der Waals surface area contributed by atoms with Gasteiger partial charge in [-0.15, -0.1) is 0 Å². The molecule has 0 unspecified atom stereocenters. The lowest BCUT2D eigenvalue weighted by Gasteiger charge is -2.12. The van der Waals surface area contributed by atoms with Crippen LogP contribution in [0.3, 0.4) is 0 Å². The van der Waals surface area contributed by atoms with Crippen LogP contribution in [0.1, 0.15) is 18.6 Å². The number of nitrogens with zero attached hydrogens (tertiary/aromatic N) is 3. The Kier molecular flexibility index (Phi) is 8.16. The Morgan fingerprint density at radius 1 is 0.280 bits per heavy atom. The summed E-state index contributed by atoms with van der Waals surface area (Å²) in [7, 11) is 0. The second-order valence-corrected chi connectivity index (χ2v) is 12.4. The van der Waals surface area contributed by atoms with Gasteiger partial charge in [-0.2, -0.15) is 0 Å². The van der Waals surface area contributed by atoms with Crippen molar-refractivity contribution in [1.82, 2.24) is 15.0 Å². The maximum atomic E-state index is 5.21. The molecule has 238 valence electrons. The van der Waals surface area contributed by atoms with Crippen LogP contribution in [0.2, 0.25) is 0 Å². The third kappa shape index (κ3) is 5.69. The van der Waals surface area contributed by atoms with Crippen LogP contribution in [0.5, 0.6) is 0 Å². The third-order valence-electron chi connectivity index (χ3n) is 9.41. The molecule has 0 fully saturated rings. The minimum Gasteiger partial charge on any atom is -0.208 e. The largest absolute Gasteiger partial charge is 0.208 e. The standard InChI is InChI=1S/C46H31N3.CH4/c1-4-14-31(15-5-1)34-20-10-22-36(28-34)44-47-45(37-23-11-21-35(29-37)32-16-6-2-7-17-32)49-46(48-44)41-27-13-26-40-39-25-12-24-38(42(39)30-43(40)41)33-18-8-3-9-19-33;/h1-29H,30H2;1H4. The maximum absolute atomic E-state index is 5.21. The molecule has 1 aliphatic rings. The normalized spacial score (nSPS) is 11.4. The SMILES string of the molecule is C.c1ccc(-c2cccc(-c3nc(-c4cccc(-c5ccccc5)c4)nc(-c4cccc5c4Cc4c(-c6ccccc6)cccc4-5)n3)c2)cc1. The molecule has 0 bridgehead atoms. The number of benzene rings is 7. The summed E-state index contributed by atoms with van der Waals surface area (Å²) in [6.07, 6.45) is 0.815. The Balaban J connectivity index is 0.00000361. The van der Waals surface area contributed by atoms with E-state index in [1.54, 1.807) is 0 Å². The highest BCUT2D eigenvalue weighted by atomic mass is 15.0. The molecule has 9 rings (SSSR count). The van der Waals surface area contributed by atoms with Crippen molar-refractivity contribution in [2.75, 3.05) is 0 Å². The Hall–Kier alpha value is -6.45. The first-order valence-corrected chi connectivity index (χ1v) is 16.7. The molecule has 3 heteroatoms. The number of aromatic nitrogens is 3. The van der Waals surface area contributed by atoms with E-state index in [-0.39, 0.29) is 7.43 Å². The first kappa shape index (κ1) is 30.9. The molecule has 8 aromatic rings. The average molecular weight is 642 g/mol. The highest BCUT2D eigenvalue weighted by Gasteiger charge is 2.26. The van der Waals surface area contributed by atoms with Gasteiger partial charge in [0.1, 0.15) is 0 Å². The fourth-order valence-electron chi connectivity index (χ4n) is 7.03. The molecule has 0 amide bonds. The van der Waals surface area contributed by atoms with Gasteiger partial charge < -0.3 is 0 Å². The lowest BCUT2D eigenvalue weighted by Crippen LogP contribution is -2.02. The molecule has 50 heavy (non-hydrogen) atoms. The second-order valence-electron chi connectivity index (χ2n) is 12.4. The quantitative estimate of drug-likeness (QED) is 0.181. The molecule has 0 saturated carbocycles. The van der Waals surface area contributed by atoms with E-state index >= 15 is 0 Å². The molecule has 0 aliphatic heterocycles. The molecule has 1 aliphatic carbocycles. The van der Waals surface area contributed by atoms with Gasteiger partial charge in [-0.05, 0) is 67.8 Å². The van der Waals surface area contributed by atoms with E-state index in [0.717, 1.165) is 45.4 Å². The summed E-state index contributed by atoms with van der Waals surface area (Å²) in [6, 6.07) is 61.7. The Labute approximate surface area is 293 Å². The van der Waals surface area contributed by atoms with Gasteiger partial charge in [0, 0.05) is 23.1 Å². The van der Waals surface area contributed by atoms with Crippen molar-refractivity contribution in [2.45, 2.75) is 13.8 Å². The van der Waals surface area contributed by atoms with E-state index in [0.29, 0.717) is 17.5 Å². The predicted octanol–water partition coefficient (Wildman–Crippen LogP) is 12.1. The van der Waals surface area contributed by atoms with Crippen LogP contribution in [0.25, 0.3) is 78.7 Å². The highest BCUT2D eigenvalue weighted by Crippen LogP contribution is 2.45. The molecule has 0 N–H and O–H groups in total. The number of rotatable bonds is 6. The molecule has 1 aromatic heterocycles. The summed E-state index contributed by atoms with van der Waals surface area (Å²) in [5, 5.41) is 0. The van der Waals surface area contributed by atoms with Gasteiger partial charge in [0.15, 0.2) is 17.5 Å². The number of fused-ring (bicyclic) bond motifs is 3. The van der Waals surface area contributed by atoms with Gasteiger partial charge in [0.2, 0.25) is 0 Å². The summed E-state index contributed by atoms with van der Waals surface area (Å²) in [6.45, 7) is 0. The molecular formula is C47H35N3. The Morgan fingerprint density at radius 3 is 1.16 bits per heavy atom. The van der Waals surface area contributed by atoms with Crippen LogP contribution in [-0.2, 0) is 6.42 Å². The van der Waals surface area contributed by atoms with E-state index in [1.807, 2.05) is 12.1 Å². The van der Waals surface area contributed by atoms with Crippen LogP contribution in [0.4, 0.5) is 0 Å². The zero-order valence-corrected chi connectivity index (χ0v) is 26.8. The van der Waals surface area contributed by atoms with Crippen molar-refractivity contribution >= 4 is 0 Å². The van der Waals surface area contributed by atoms with Crippen LogP contribution >= 0.6 is 0 Å². The van der Waals surface area contributed by atoms with Crippen molar-refractivity contribution in [3.05, 3.63) is 187 Å². The van der Waals surface area contributed by atoms with E-state index in [4.69, 9.17) is 15.0 Å². The van der Waals surface area contributed by atoms with Gasteiger partial charge in [0.25, 0.3) is 0 Å². The lowest BCUT2D eigenvalue weighted by molar-refractivity contribution is 1.07. The first-order valence-electron chi connectivity index (χ1n) is 16.7. The van der Waals surface area contributed by atoms with Crippen molar-refractivity contribution in [2.24, 2.45) is 0 Å². The molecule has 0 saturated heterocycles. The third-order valence-corrected chi connectivity index (χ3v) is 9.41. The van der Waals surface area contributed by atoms with Crippen LogP contribution < -0.4 is 0 Å². The number of hydrogen-bond acceptors (Lipinski definition) is 3. The molecule has 0 radical (unpaired) electrons. The van der Waals surface area contributed by atoms with Crippen molar-refractivity contribution in [3.8, 4) is 78.7 Å². The fourth-order valence-corrected chi connectivity index (χ4v) is 7.03. The minimum absolute atomic E-state index is 0. The molecule has 0 spiro atoms. The summed E-state index contributed by atoms with van der Waals surface area (Å²) in [5.41, 5.74) is 15.1. The van der Waals surface area contributed by atoms with E-state index < -0.39 is 0 Å². The zero-order chi connectivity index (χ0) is 32.6. The Bertz CT molecular complexity index is 2350. The van der Waals surface area contributed by atoms with Gasteiger partial charge in [-0.1, -0.05) is 171 Å². The van der Waals surface area contributed by atoms with Crippen molar-refractivity contribution in [3.63, 3.8) is 0 Å². The maximum Gasteiger partial charge on any atom is 0.164 e. The van der Waals surface area contributed by atoms with Gasteiger partial charge in [0.05, 0.1) is 0 Å². The average Bonchev–Trinajstić information content (AvgIpc) is 3.58. The highest BCUT2D eigenvalue weighted by molar-refractivity contribution is 5.89. The molecular weight excluding hydrogens is 607 g/mol. The summed E-state index contributed by atoms with van der Waals surface area (Å²) in [5.74, 6) is 1.99. The summed E-state index contributed by atoms with van der Waals surface area (Å²) < 4.78 is 0. The number of hydrogen-bond donors (Lipinski definition) is 0. The van der Waals surface area contributed by atoms with E-state index in [1.165, 1.54) is 33.4 Å². The van der Waals surface area contributed by atoms with Crippen molar-refractivity contribution < 1.29 is 0 Å². The molecule has 1 heterocycles. The van der Waals surface area contributed by atoms with Crippen LogP contribution in [0, 0.1) is 0 Å². The fraction of sp³-hybridized carbons (Fsp3) is 0.0426. The van der Waals surface area contributed by atoms with Gasteiger partial charge in [-0.3, -0.25) is 0 Å². The predicted molar refractivity (Wildman–Crippen MR) is 207 cm³/mol. The molecule has 0 atom stereocenters. The van der Waals surface area contributed by atoms with Crippen LogP contribution in [0.15, 0.2) is 176 Å². The van der Waals surface area contributed by atoms with E-state index in [9.17, 15) is 0 Å². The van der Waals surface area contributed by atoms with Crippen LogP contribution in [-0.4, -0.2) is 15.0 Å². The molecule has 3 nitrogen and oxygen atoms in total. The molecule has 7 aromatic carbocycles.